The molecule has 0 unspecified atom stereocenters. The van der Waals surface area contributed by atoms with Crippen molar-refractivity contribution in [2.24, 2.45) is 5.92 Å². The molecule has 1 aromatic heterocycles. The lowest BCUT2D eigenvalue weighted by Crippen LogP contribution is -2.34. The molecule has 2 heterocycles. The van der Waals surface area contributed by atoms with E-state index in [9.17, 15) is 0 Å². The maximum Gasteiger partial charge on any atom is 0.142 e. The quantitative estimate of drug-likeness (QED) is 0.780. The Hall–Kier alpha value is -0.0900. The lowest BCUT2D eigenvalue weighted by atomic mass is 9.92. The predicted octanol–water partition coefficient (Wildman–Crippen LogP) is 4.62. The summed E-state index contributed by atoms with van der Waals surface area (Å²) in [5.41, 5.74) is 0. The van der Waals surface area contributed by atoms with Gasteiger partial charge in [-0.3, -0.25) is 0 Å². The van der Waals surface area contributed by atoms with Gasteiger partial charge in [0.05, 0.1) is 4.47 Å². The van der Waals surface area contributed by atoms with Gasteiger partial charge in [-0.2, -0.15) is 0 Å². The molecule has 0 atom stereocenters. The Bertz CT molecular complexity index is 374. The average Bonchev–Trinajstić information content (AvgIpc) is 2.31. The molecule has 0 bridgehead atoms. The van der Waals surface area contributed by atoms with Gasteiger partial charge in [-0.1, -0.05) is 19.8 Å². The number of rotatable bonds is 3. The first-order valence-electron chi connectivity index (χ1n) is 6.26. The molecule has 0 amide bonds. The summed E-state index contributed by atoms with van der Waals surface area (Å²) in [5.74, 6) is 2.01. The first-order valence-corrected chi connectivity index (χ1v) is 7.85. The van der Waals surface area contributed by atoms with Crippen LogP contribution in [0.4, 0.5) is 5.82 Å². The van der Waals surface area contributed by atoms with Gasteiger partial charge in [0.2, 0.25) is 0 Å². The zero-order chi connectivity index (χ0) is 12.3. The molecule has 0 radical (unpaired) electrons. The maximum absolute atomic E-state index is 4.50. The summed E-state index contributed by atoms with van der Waals surface area (Å²) in [6.07, 6.45) is 7.17. The number of hydrogen-bond donors (Lipinski definition) is 0. The highest BCUT2D eigenvalue weighted by Gasteiger charge is 2.20. The van der Waals surface area contributed by atoms with Gasteiger partial charge in [-0.25, -0.2) is 4.98 Å². The van der Waals surface area contributed by atoms with Crippen molar-refractivity contribution < 1.29 is 0 Å². The van der Waals surface area contributed by atoms with E-state index in [1.165, 1.54) is 25.7 Å². The molecule has 4 heteroatoms. The second kappa shape index (κ2) is 6.19. The van der Waals surface area contributed by atoms with Crippen molar-refractivity contribution in [1.29, 1.82) is 0 Å². The number of aromatic nitrogens is 1. The standard InChI is InChI=1S/C13H18Br2N2/c1-2-3-10-4-6-17(7-5-10)13-12(15)8-11(14)9-16-13/h8-10H,2-7H2,1H3. The highest BCUT2D eigenvalue weighted by molar-refractivity contribution is 9.11. The number of nitrogens with zero attached hydrogens (tertiary/aromatic N) is 2. The molecule has 94 valence electrons. The van der Waals surface area contributed by atoms with Crippen LogP contribution in [-0.4, -0.2) is 18.1 Å². The highest BCUT2D eigenvalue weighted by atomic mass is 79.9. The fourth-order valence-corrected chi connectivity index (χ4v) is 3.72. The third-order valence-corrected chi connectivity index (χ3v) is 4.42. The molecule has 0 N–H and O–H groups in total. The number of hydrogen-bond acceptors (Lipinski definition) is 2. The molecule has 2 nitrogen and oxygen atoms in total. The molecule has 1 aromatic rings. The summed E-state index contributed by atoms with van der Waals surface area (Å²) < 4.78 is 2.11. The van der Waals surface area contributed by atoms with Crippen LogP contribution in [0.15, 0.2) is 21.2 Å². The second-order valence-electron chi connectivity index (χ2n) is 4.68. The van der Waals surface area contributed by atoms with E-state index in [0.29, 0.717) is 0 Å². The Balaban J connectivity index is 2.00. The van der Waals surface area contributed by atoms with E-state index in [1.54, 1.807) is 0 Å². The van der Waals surface area contributed by atoms with Gasteiger partial charge >= 0.3 is 0 Å². The van der Waals surface area contributed by atoms with Crippen molar-refractivity contribution in [1.82, 2.24) is 4.98 Å². The van der Waals surface area contributed by atoms with E-state index in [-0.39, 0.29) is 0 Å². The van der Waals surface area contributed by atoms with E-state index in [0.717, 1.165) is 33.8 Å². The zero-order valence-corrected chi connectivity index (χ0v) is 13.3. The largest absolute Gasteiger partial charge is 0.356 e. The van der Waals surface area contributed by atoms with Crippen LogP contribution in [0.3, 0.4) is 0 Å². The topological polar surface area (TPSA) is 16.1 Å². The number of pyridine rings is 1. The van der Waals surface area contributed by atoms with Crippen LogP contribution in [0.25, 0.3) is 0 Å². The molecule has 0 spiro atoms. The van der Waals surface area contributed by atoms with Crippen molar-refractivity contribution in [2.75, 3.05) is 18.0 Å². The minimum absolute atomic E-state index is 0.922. The van der Waals surface area contributed by atoms with E-state index in [4.69, 9.17) is 0 Å². The molecule has 0 saturated carbocycles. The monoisotopic (exact) mass is 360 g/mol. The van der Waals surface area contributed by atoms with Gasteiger partial charge in [-0.15, -0.1) is 0 Å². The first-order chi connectivity index (χ1) is 8.20. The van der Waals surface area contributed by atoms with Crippen molar-refractivity contribution in [3.05, 3.63) is 21.2 Å². The Morgan fingerprint density at radius 3 is 2.65 bits per heavy atom. The maximum atomic E-state index is 4.50. The van der Waals surface area contributed by atoms with Crippen molar-refractivity contribution >= 4 is 37.7 Å². The molecule has 0 aromatic carbocycles. The van der Waals surface area contributed by atoms with Gasteiger partial charge in [0.1, 0.15) is 5.82 Å². The van der Waals surface area contributed by atoms with Crippen LogP contribution in [0.2, 0.25) is 0 Å². The molecule has 2 rings (SSSR count). The number of piperidine rings is 1. The Morgan fingerprint density at radius 2 is 2.06 bits per heavy atom. The smallest absolute Gasteiger partial charge is 0.142 e. The van der Waals surface area contributed by atoms with Crippen molar-refractivity contribution in [3.63, 3.8) is 0 Å². The molecule has 1 aliphatic rings. The summed E-state index contributed by atoms with van der Waals surface area (Å²) in [4.78, 5) is 6.90. The predicted molar refractivity (Wildman–Crippen MR) is 79.5 cm³/mol. The van der Waals surface area contributed by atoms with Crippen LogP contribution >= 0.6 is 31.9 Å². The molecule has 1 saturated heterocycles. The van der Waals surface area contributed by atoms with Crippen molar-refractivity contribution in [2.45, 2.75) is 32.6 Å². The van der Waals surface area contributed by atoms with E-state index >= 15 is 0 Å². The summed E-state index contributed by atoms with van der Waals surface area (Å²) >= 11 is 7.03. The van der Waals surface area contributed by atoms with Crippen LogP contribution < -0.4 is 4.90 Å². The van der Waals surface area contributed by atoms with Gasteiger partial charge in [0, 0.05) is 23.8 Å². The third kappa shape index (κ3) is 3.44. The second-order valence-corrected chi connectivity index (χ2v) is 6.45. The molecule has 0 aliphatic carbocycles. The Morgan fingerprint density at radius 1 is 1.35 bits per heavy atom. The van der Waals surface area contributed by atoms with Gasteiger partial charge in [0.15, 0.2) is 0 Å². The van der Waals surface area contributed by atoms with Crippen molar-refractivity contribution in [3.8, 4) is 0 Å². The van der Waals surface area contributed by atoms with Crippen LogP contribution in [0.5, 0.6) is 0 Å². The minimum atomic E-state index is 0.922. The zero-order valence-electron chi connectivity index (χ0n) is 10.1. The average molecular weight is 362 g/mol. The summed E-state index contributed by atoms with van der Waals surface area (Å²) in [7, 11) is 0. The normalized spacial score (nSPS) is 17.5. The fourth-order valence-electron chi connectivity index (χ4n) is 2.48. The lowest BCUT2D eigenvalue weighted by Gasteiger charge is -2.33. The molecular formula is C13H18Br2N2. The molecule has 17 heavy (non-hydrogen) atoms. The van der Waals surface area contributed by atoms with Crippen LogP contribution in [0.1, 0.15) is 32.6 Å². The van der Waals surface area contributed by atoms with Crippen LogP contribution in [-0.2, 0) is 0 Å². The lowest BCUT2D eigenvalue weighted by molar-refractivity contribution is 0.377. The summed E-state index contributed by atoms with van der Waals surface area (Å²) in [5, 5.41) is 0. The van der Waals surface area contributed by atoms with Crippen LogP contribution in [0, 0.1) is 5.92 Å². The molecular weight excluding hydrogens is 344 g/mol. The minimum Gasteiger partial charge on any atom is -0.356 e. The van der Waals surface area contributed by atoms with E-state index < -0.39 is 0 Å². The van der Waals surface area contributed by atoms with E-state index in [2.05, 4.69) is 54.7 Å². The van der Waals surface area contributed by atoms with Gasteiger partial charge in [-0.05, 0) is 56.7 Å². The fraction of sp³-hybridized carbons (Fsp3) is 0.615. The number of halogens is 2. The Kier molecular flexibility index (Phi) is 4.86. The number of anilines is 1. The first kappa shape index (κ1) is 13.3. The van der Waals surface area contributed by atoms with E-state index in [1.807, 2.05) is 6.20 Å². The molecule has 1 fully saturated rings. The Labute approximate surface area is 120 Å². The van der Waals surface area contributed by atoms with Gasteiger partial charge in [0.25, 0.3) is 0 Å². The highest BCUT2D eigenvalue weighted by Crippen LogP contribution is 2.30. The summed E-state index contributed by atoms with van der Waals surface area (Å²) in [6.45, 7) is 4.55. The third-order valence-electron chi connectivity index (χ3n) is 3.40. The summed E-state index contributed by atoms with van der Waals surface area (Å²) in [6, 6.07) is 2.07. The SMILES string of the molecule is CCCC1CCN(c2ncc(Br)cc2Br)CC1. The molecule has 1 aliphatic heterocycles. The van der Waals surface area contributed by atoms with Gasteiger partial charge < -0.3 is 4.90 Å².